The van der Waals surface area contributed by atoms with Crippen LogP contribution in [0.3, 0.4) is 0 Å². The summed E-state index contributed by atoms with van der Waals surface area (Å²) in [5.41, 5.74) is 2.28. The summed E-state index contributed by atoms with van der Waals surface area (Å²) in [7, 11) is -0.136. The van der Waals surface area contributed by atoms with Gasteiger partial charge < -0.3 is 14.2 Å². The van der Waals surface area contributed by atoms with Crippen LogP contribution in [0.15, 0.2) is 36.7 Å². The molecule has 2 aliphatic heterocycles. The van der Waals surface area contributed by atoms with Gasteiger partial charge >= 0.3 is 0 Å². The molecule has 8 heteroatoms. The molecular formula is C20H28N4O3S. The molecule has 7 nitrogen and oxygen atoms in total. The summed E-state index contributed by atoms with van der Waals surface area (Å²) in [6.45, 7) is 3.19. The molecule has 4 rings (SSSR count). The van der Waals surface area contributed by atoms with Gasteiger partial charge in [-0.2, -0.15) is 0 Å². The highest BCUT2D eigenvalue weighted by atomic mass is 32.2. The third-order valence-electron chi connectivity index (χ3n) is 5.77. The van der Waals surface area contributed by atoms with Crippen molar-refractivity contribution in [2.75, 3.05) is 51.1 Å². The van der Waals surface area contributed by atoms with Crippen LogP contribution in [0.5, 0.6) is 0 Å². The minimum Gasteiger partial charge on any atom is -0.379 e. The zero-order valence-electron chi connectivity index (χ0n) is 16.5. The number of hydrogen-bond donors (Lipinski definition) is 0. The van der Waals surface area contributed by atoms with Crippen molar-refractivity contribution in [3.05, 3.63) is 36.7 Å². The van der Waals surface area contributed by atoms with E-state index >= 15 is 0 Å². The lowest BCUT2D eigenvalue weighted by Gasteiger charge is -2.23. The van der Waals surface area contributed by atoms with Gasteiger partial charge in [-0.25, -0.2) is 17.7 Å². The molecule has 1 aromatic carbocycles. The first-order valence-corrected chi connectivity index (χ1v) is 11.4. The van der Waals surface area contributed by atoms with Crippen molar-refractivity contribution in [2.24, 2.45) is 5.92 Å². The third-order valence-corrected chi connectivity index (χ3v) is 7.73. The fourth-order valence-electron chi connectivity index (χ4n) is 4.07. The second-order valence-corrected chi connectivity index (χ2v) is 10.1. The van der Waals surface area contributed by atoms with Gasteiger partial charge in [0.2, 0.25) is 10.0 Å². The number of hydrogen-bond acceptors (Lipinski definition) is 5. The topological polar surface area (TPSA) is 67.7 Å². The molecule has 2 fully saturated rings. The Bertz CT molecular complexity index is 902. The molecule has 2 aliphatic rings. The number of ether oxygens (including phenoxy) is 1. The van der Waals surface area contributed by atoms with Crippen LogP contribution in [0.2, 0.25) is 0 Å². The van der Waals surface area contributed by atoms with Crippen molar-refractivity contribution in [1.82, 2.24) is 13.9 Å². The average Bonchev–Trinajstić information content (AvgIpc) is 3.42. The van der Waals surface area contributed by atoms with Gasteiger partial charge in [0.05, 0.1) is 25.0 Å². The second kappa shape index (κ2) is 7.85. The smallest absolute Gasteiger partial charge is 0.214 e. The van der Waals surface area contributed by atoms with E-state index in [1.807, 2.05) is 6.20 Å². The van der Waals surface area contributed by atoms with Crippen molar-refractivity contribution in [3.63, 3.8) is 0 Å². The number of aromatic nitrogens is 2. The third kappa shape index (κ3) is 3.81. The summed E-state index contributed by atoms with van der Waals surface area (Å²) < 4.78 is 33.7. The maximum atomic E-state index is 12.4. The summed E-state index contributed by atoms with van der Waals surface area (Å²) >= 11 is 0. The Hall–Kier alpha value is -1.90. The molecule has 0 aliphatic carbocycles. The van der Waals surface area contributed by atoms with E-state index in [2.05, 4.69) is 38.7 Å². The van der Waals surface area contributed by atoms with Crippen LogP contribution in [-0.4, -0.2) is 68.4 Å². The average molecular weight is 405 g/mol. The number of anilines is 1. The van der Waals surface area contributed by atoms with Crippen LogP contribution < -0.4 is 4.90 Å². The Morgan fingerprint density at radius 2 is 1.86 bits per heavy atom. The molecule has 0 N–H and O–H groups in total. The zero-order valence-corrected chi connectivity index (χ0v) is 17.3. The highest BCUT2D eigenvalue weighted by molar-refractivity contribution is 7.89. The Balaban J connectivity index is 1.56. The van der Waals surface area contributed by atoms with Gasteiger partial charge in [0, 0.05) is 56.7 Å². The lowest BCUT2D eigenvalue weighted by molar-refractivity contribution is 0.182. The van der Waals surface area contributed by atoms with E-state index in [0.29, 0.717) is 13.2 Å². The molecule has 0 unspecified atom stereocenters. The van der Waals surface area contributed by atoms with Gasteiger partial charge in [-0.3, -0.25) is 0 Å². The second-order valence-electron chi connectivity index (χ2n) is 7.82. The zero-order chi connectivity index (χ0) is 19.7. The summed E-state index contributed by atoms with van der Waals surface area (Å²) in [6.07, 6.45) is 6.22. The minimum absolute atomic E-state index is 0.0366. The lowest BCUT2D eigenvalue weighted by Crippen LogP contribution is -2.32. The Morgan fingerprint density at radius 1 is 1.14 bits per heavy atom. The fourth-order valence-corrected chi connectivity index (χ4v) is 5.23. The maximum Gasteiger partial charge on any atom is 0.214 e. The molecule has 0 amide bonds. The largest absolute Gasteiger partial charge is 0.379 e. The van der Waals surface area contributed by atoms with E-state index in [4.69, 9.17) is 4.74 Å². The van der Waals surface area contributed by atoms with Crippen LogP contribution in [0, 0.1) is 5.92 Å². The van der Waals surface area contributed by atoms with Crippen LogP contribution >= 0.6 is 0 Å². The summed E-state index contributed by atoms with van der Waals surface area (Å²) in [6, 6.07) is 8.48. The first-order chi connectivity index (χ1) is 13.5. The Morgan fingerprint density at radius 3 is 2.54 bits per heavy atom. The van der Waals surface area contributed by atoms with Crippen molar-refractivity contribution in [2.45, 2.75) is 18.9 Å². The number of sulfonamides is 1. The maximum absolute atomic E-state index is 12.4. The van der Waals surface area contributed by atoms with E-state index < -0.39 is 10.0 Å². The fraction of sp³-hybridized carbons (Fsp3) is 0.550. The Kier molecular flexibility index (Phi) is 5.44. The van der Waals surface area contributed by atoms with Gasteiger partial charge in [-0.05, 0) is 37.1 Å². The molecule has 1 aromatic heterocycles. The van der Waals surface area contributed by atoms with Crippen molar-refractivity contribution in [3.8, 4) is 11.4 Å². The van der Waals surface area contributed by atoms with Gasteiger partial charge in [0.1, 0.15) is 5.82 Å². The summed E-state index contributed by atoms with van der Waals surface area (Å²) in [5.74, 6) is 0.843. The van der Waals surface area contributed by atoms with Gasteiger partial charge in [0.25, 0.3) is 0 Å². The minimum atomic E-state index is -3.28. The summed E-state index contributed by atoms with van der Waals surface area (Å²) in [4.78, 5) is 6.96. The number of benzene rings is 1. The van der Waals surface area contributed by atoms with Crippen LogP contribution in [0.25, 0.3) is 11.4 Å². The first kappa shape index (κ1) is 19.4. The van der Waals surface area contributed by atoms with E-state index in [1.54, 1.807) is 20.3 Å². The van der Waals surface area contributed by atoms with Crippen molar-refractivity contribution < 1.29 is 13.2 Å². The van der Waals surface area contributed by atoms with E-state index in [1.165, 1.54) is 22.8 Å². The quantitative estimate of drug-likeness (QED) is 0.739. The molecule has 28 heavy (non-hydrogen) atoms. The number of nitrogens with zero attached hydrogens (tertiary/aromatic N) is 4. The molecule has 2 atom stereocenters. The highest BCUT2D eigenvalue weighted by Gasteiger charge is 2.35. The standard InChI is InChI=1S/C20H28N4O3S/c1-22(2)28(25,26)15-17-13-27-14-19(17)24-12-9-21-20(24)16-5-7-18(8-6-16)23-10-3-4-11-23/h5-9,12,17,19H,3-4,10-11,13-15H2,1-2H3/t17-,19+/m0/s1. The van der Waals surface area contributed by atoms with Gasteiger partial charge in [-0.1, -0.05) is 0 Å². The van der Waals surface area contributed by atoms with Crippen molar-refractivity contribution >= 4 is 15.7 Å². The normalized spacial score (nSPS) is 23.0. The number of rotatable bonds is 6. The van der Waals surface area contributed by atoms with E-state index in [-0.39, 0.29) is 17.7 Å². The number of imidazole rings is 1. The molecule has 0 radical (unpaired) electrons. The molecule has 2 saturated heterocycles. The first-order valence-electron chi connectivity index (χ1n) is 9.82. The predicted octanol–water partition coefficient (Wildman–Crippen LogP) is 2.23. The lowest BCUT2D eigenvalue weighted by atomic mass is 10.1. The predicted molar refractivity (Wildman–Crippen MR) is 110 cm³/mol. The highest BCUT2D eigenvalue weighted by Crippen LogP contribution is 2.32. The van der Waals surface area contributed by atoms with Gasteiger partial charge in [-0.15, -0.1) is 0 Å². The van der Waals surface area contributed by atoms with Crippen molar-refractivity contribution in [1.29, 1.82) is 0 Å². The monoisotopic (exact) mass is 404 g/mol. The van der Waals surface area contributed by atoms with Crippen LogP contribution in [-0.2, 0) is 14.8 Å². The van der Waals surface area contributed by atoms with E-state index in [9.17, 15) is 8.42 Å². The van der Waals surface area contributed by atoms with Crippen LogP contribution in [0.1, 0.15) is 18.9 Å². The van der Waals surface area contributed by atoms with Gasteiger partial charge in [0.15, 0.2) is 0 Å². The Labute approximate surface area is 167 Å². The molecule has 2 aromatic rings. The molecule has 152 valence electrons. The SMILES string of the molecule is CN(C)S(=O)(=O)C[C@@H]1COC[C@H]1n1ccnc1-c1ccc(N2CCCC2)cc1. The summed E-state index contributed by atoms with van der Waals surface area (Å²) in [5, 5.41) is 0. The van der Waals surface area contributed by atoms with Crippen LogP contribution in [0.4, 0.5) is 5.69 Å². The molecule has 3 heterocycles. The molecule has 0 saturated carbocycles. The van der Waals surface area contributed by atoms with E-state index in [0.717, 1.165) is 24.5 Å². The molecular weight excluding hydrogens is 376 g/mol. The molecule has 0 spiro atoms. The molecule has 0 bridgehead atoms.